The van der Waals surface area contributed by atoms with Crippen molar-refractivity contribution >= 4 is 17.7 Å². The number of amides is 1. The van der Waals surface area contributed by atoms with Crippen molar-refractivity contribution < 1.29 is 9.21 Å². The molecule has 1 amide bonds. The Hall–Kier alpha value is -1.04. The Balaban J connectivity index is 1.25. The summed E-state index contributed by atoms with van der Waals surface area (Å²) in [5, 5.41) is 9.22. The molecule has 148 valence electrons. The van der Waals surface area contributed by atoms with Crippen LogP contribution in [0.3, 0.4) is 0 Å². The lowest BCUT2D eigenvalue weighted by molar-refractivity contribution is -0.131. The third-order valence-electron chi connectivity index (χ3n) is 7.62. The molecule has 5 aliphatic rings. The minimum absolute atomic E-state index is 0.136. The molecule has 1 aliphatic heterocycles. The first-order chi connectivity index (χ1) is 13.0. The first kappa shape index (κ1) is 18.0. The normalized spacial score (nSPS) is 37.0. The van der Waals surface area contributed by atoms with Gasteiger partial charge in [0.1, 0.15) is 0 Å². The van der Waals surface area contributed by atoms with Gasteiger partial charge in [0.25, 0.3) is 5.22 Å². The highest BCUT2D eigenvalue weighted by Gasteiger charge is 2.54. The number of thioether (sulfide) groups is 1. The van der Waals surface area contributed by atoms with Crippen LogP contribution in [0.4, 0.5) is 0 Å². The first-order valence-electron chi connectivity index (χ1n) is 10.8. The lowest BCUT2D eigenvalue weighted by Gasteiger charge is -2.55. The Labute approximate surface area is 166 Å². The molecule has 2 heterocycles. The van der Waals surface area contributed by atoms with Gasteiger partial charge in [0.05, 0.1) is 5.25 Å². The molecule has 4 saturated carbocycles. The zero-order valence-electron chi connectivity index (χ0n) is 16.5. The van der Waals surface area contributed by atoms with E-state index in [9.17, 15) is 4.79 Å². The number of nitrogens with zero attached hydrogens (tertiary/aromatic N) is 3. The Morgan fingerprint density at radius 1 is 1.11 bits per heavy atom. The molecule has 0 unspecified atom stereocenters. The van der Waals surface area contributed by atoms with Crippen LogP contribution in [0, 0.1) is 23.7 Å². The summed E-state index contributed by atoms with van der Waals surface area (Å²) in [6.45, 7) is 6.00. The fourth-order valence-corrected chi connectivity index (χ4v) is 7.30. The summed E-state index contributed by atoms with van der Waals surface area (Å²) < 4.78 is 6.16. The summed E-state index contributed by atoms with van der Waals surface area (Å²) in [5.74, 6) is 4.39. The lowest BCUT2D eigenvalue weighted by atomic mass is 9.49. The molecule has 1 aromatic rings. The molecule has 1 atom stereocenters. The van der Waals surface area contributed by atoms with Crippen LogP contribution in [0.15, 0.2) is 9.64 Å². The second-order valence-corrected chi connectivity index (χ2v) is 11.1. The van der Waals surface area contributed by atoms with Gasteiger partial charge in [-0.05, 0) is 82.0 Å². The number of hydrogen-bond donors (Lipinski definition) is 0. The van der Waals surface area contributed by atoms with Crippen LogP contribution in [0.25, 0.3) is 0 Å². The monoisotopic (exact) mass is 389 g/mol. The Morgan fingerprint density at radius 2 is 1.70 bits per heavy atom. The molecule has 6 heteroatoms. The summed E-state index contributed by atoms with van der Waals surface area (Å²) in [7, 11) is 0. The number of carbonyl (C=O) groups is 1. The Morgan fingerprint density at radius 3 is 2.30 bits per heavy atom. The van der Waals surface area contributed by atoms with Crippen LogP contribution in [0.2, 0.25) is 0 Å². The number of aromatic nitrogens is 2. The van der Waals surface area contributed by atoms with Crippen molar-refractivity contribution in [1.82, 2.24) is 15.1 Å². The molecule has 4 aliphatic carbocycles. The zero-order chi connectivity index (χ0) is 18.6. The maximum atomic E-state index is 12.8. The van der Waals surface area contributed by atoms with Crippen LogP contribution in [-0.4, -0.2) is 39.3 Å². The van der Waals surface area contributed by atoms with Gasteiger partial charge in [-0.2, -0.15) is 0 Å². The van der Waals surface area contributed by atoms with Gasteiger partial charge < -0.3 is 9.32 Å². The SMILES string of the molecule is CC1CCN(C(=O)[C@H](C)Sc2nnc(C34CC5CC(CC(C5)C3)C4)o2)CC1. The van der Waals surface area contributed by atoms with E-state index in [1.54, 1.807) is 0 Å². The number of rotatable bonds is 4. The van der Waals surface area contributed by atoms with Gasteiger partial charge in [-0.1, -0.05) is 18.7 Å². The Bertz CT molecular complexity index is 675. The zero-order valence-corrected chi connectivity index (χ0v) is 17.3. The second kappa shape index (κ2) is 6.78. The van der Waals surface area contributed by atoms with E-state index in [0.717, 1.165) is 55.5 Å². The van der Waals surface area contributed by atoms with Crippen molar-refractivity contribution in [2.24, 2.45) is 23.7 Å². The number of likely N-dealkylation sites (tertiary alicyclic amines) is 1. The van der Waals surface area contributed by atoms with Crippen molar-refractivity contribution in [2.45, 2.75) is 81.1 Å². The predicted molar refractivity (Wildman–Crippen MR) is 104 cm³/mol. The Kier molecular flexibility index (Phi) is 4.53. The largest absolute Gasteiger partial charge is 0.415 e. The van der Waals surface area contributed by atoms with Crippen LogP contribution in [0.5, 0.6) is 0 Å². The van der Waals surface area contributed by atoms with Gasteiger partial charge in [-0.3, -0.25) is 4.79 Å². The molecule has 5 fully saturated rings. The van der Waals surface area contributed by atoms with Gasteiger partial charge in [0.15, 0.2) is 0 Å². The van der Waals surface area contributed by atoms with Crippen molar-refractivity contribution in [3.63, 3.8) is 0 Å². The first-order valence-corrected chi connectivity index (χ1v) is 11.7. The van der Waals surface area contributed by atoms with Gasteiger partial charge >= 0.3 is 0 Å². The number of carbonyl (C=O) groups excluding carboxylic acids is 1. The summed E-state index contributed by atoms with van der Waals surface area (Å²) in [6, 6.07) is 0. The topological polar surface area (TPSA) is 59.2 Å². The number of hydrogen-bond acceptors (Lipinski definition) is 5. The summed E-state index contributed by atoms with van der Waals surface area (Å²) in [5.41, 5.74) is 0.136. The highest BCUT2D eigenvalue weighted by molar-refractivity contribution is 8.00. The molecule has 0 spiro atoms. The van der Waals surface area contributed by atoms with Crippen LogP contribution >= 0.6 is 11.8 Å². The van der Waals surface area contributed by atoms with Crippen LogP contribution in [-0.2, 0) is 10.2 Å². The summed E-state index contributed by atoms with van der Waals surface area (Å²) >= 11 is 1.44. The molecule has 5 nitrogen and oxygen atoms in total. The van der Waals surface area contributed by atoms with E-state index in [0.29, 0.717) is 5.22 Å². The van der Waals surface area contributed by atoms with Gasteiger partial charge in [0.2, 0.25) is 11.8 Å². The third-order valence-corrected chi connectivity index (χ3v) is 8.54. The highest BCUT2D eigenvalue weighted by atomic mass is 32.2. The van der Waals surface area contributed by atoms with E-state index in [1.807, 2.05) is 11.8 Å². The second-order valence-electron chi connectivity index (χ2n) is 9.84. The summed E-state index contributed by atoms with van der Waals surface area (Å²) in [6.07, 6.45) is 10.1. The van der Waals surface area contributed by atoms with E-state index < -0.39 is 0 Å². The number of piperidine rings is 1. The van der Waals surface area contributed by atoms with Crippen molar-refractivity contribution in [3.8, 4) is 0 Å². The molecule has 1 saturated heterocycles. The van der Waals surface area contributed by atoms with Crippen molar-refractivity contribution in [3.05, 3.63) is 5.89 Å². The quantitative estimate of drug-likeness (QED) is 0.720. The van der Waals surface area contributed by atoms with Gasteiger partial charge in [0, 0.05) is 18.5 Å². The van der Waals surface area contributed by atoms with E-state index in [4.69, 9.17) is 4.42 Å². The maximum Gasteiger partial charge on any atom is 0.277 e. The third kappa shape index (κ3) is 3.32. The average molecular weight is 390 g/mol. The lowest BCUT2D eigenvalue weighted by Crippen LogP contribution is -2.48. The molecule has 27 heavy (non-hydrogen) atoms. The minimum atomic E-state index is -0.164. The minimum Gasteiger partial charge on any atom is -0.415 e. The fourth-order valence-electron chi connectivity index (χ4n) is 6.53. The van der Waals surface area contributed by atoms with Crippen molar-refractivity contribution in [2.75, 3.05) is 13.1 Å². The van der Waals surface area contributed by atoms with E-state index in [1.165, 1.54) is 50.3 Å². The standard InChI is InChI=1S/C21H31N3O2S/c1-13-3-5-24(6-4-13)18(25)14(2)27-20-23-22-19(26-20)21-10-15-7-16(11-21)9-17(8-15)12-21/h13-17H,3-12H2,1-2H3/t14-,15?,16?,17?,21?/m0/s1. The van der Waals surface area contributed by atoms with Crippen LogP contribution < -0.4 is 0 Å². The van der Waals surface area contributed by atoms with Crippen LogP contribution in [0.1, 0.15) is 71.1 Å². The molecular formula is C21H31N3O2S. The molecule has 6 rings (SSSR count). The van der Waals surface area contributed by atoms with E-state index in [2.05, 4.69) is 17.1 Å². The van der Waals surface area contributed by atoms with Crippen molar-refractivity contribution in [1.29, 1.82) is 0 Å². The molecule has 0 radical (unpaired) electrons. The maximum absolute atomic E-state index is 12.8. The molecule has 1 aromatic heterocycles. The smallest absolute Gasteiger partial charge is 0.277 e. The predicted octanol–water partition coefficient (Wildman–Crippen LogP) is 4.28. The molecule has 0 aromatic carbocycles. The fraction of sp³-hybridized carbons (Fsp3) is 0.857. The highest BCUT2D eigenvalue weighted by Crippen LogP contribution is 2.60. The van der Waals surface area contributed by atoms with E-state index in [-0.39, 0.29) is 16.6 Å². The average Bonchev–Trinajstić information content (AvgIpc) is 3.10. The molecular weight excluding hydrogens is 358 g/mol. The van der Waals surface area contributed by atoms with E-state index >= 15 is 0 Å². The summed E-state index contributed by atoms with van der Waals surface area (Å²) in [4.78, 5) is 14.8. The van der Waals surface area contributed by atoms with Gasteiger partial charge in [-0.25, -0.2) is 0 Å². The molecule has 4 bridgehead atoms. The molecule has 0 N–H and O–H groups in total. The van der Waals surface area contributed by atoms with Gasteiger partial charge in [-0.15, -0.1) is 10.2 Å².